The zero-order chi connectivity index (χ0) is 17.2. The molecule has 0 fully saturated rings. The van der Waals surface area contributed by atoms with Gasteiger partial charge in [0.15, 0.2) is 5.16 Å². The SMILES string of the molecule is Cc1cccn2c(=O)cc(CSc3nncn3-c3ccccc3)nc12. The van der Waals surface area contributed by atoms with Crippen LogP contribution >= 0.6 is 11.8 Å². The van der Waals surface area contributed by atoms with Gasteiger partial charge in [-0.25, -0.2) is 4.98 Å². The van der Waals surface area contributed by atoms with E-state index >= 15 is 0 Å². The maximum Gasteiger partial charge on any atom is 0.258 e. The average Bonchev–Trinajstić information content (AvgIpc) is 3.10. The Balaban J connectivity index is 1.63. The topological polar surface area (TPSA) is 65.1 Å². The predicted molar refractivity (Wildman–Crippen MR) is 97.1 cm³/mol. The first-order chi connectivity index (χ1) is 12.2. The molecule has 25 heavy (non-hydrogen) atoms. The molecule has 7 heteroatoms. The number of benzene rings is 1. The summed E-state index contributed by atoms with van der Waals surface area (Å²) in [6.07, 6.45) is 3.42. The van der Waals surface area contributed by atoms with Crippen LogP contribution in [0.4, 0.5) is 0 Å². The van der Waals surface area contributed by atoms with Crippen molar-refractivity contribution in [3.05, 3.63) is 82.7 Å². The van der Waals surface area contributed by atoms with Gasteiger partial charge in [-0.15, -0.1) is 10.2 Å². The molecule has 0 amide bonds. The summed E-state index contributed by atoms with van der Waals surface area (Å²) < 4.78 is 3.49. The minimum Gasteiger partial charge on any atom is -0.277 e. The number of pyridine rings is 1. The van der Waals surface area contributed by atoms with Crippen LogP contribution in [0.2, 0.25) is 0 Å². The molecule has 4 rings (SSSR count). The fourth-order valence-corrected chi connectivity index (χ4v) is 3.43. The molecule has 0 unspecified atom stereocenters. The molecule has 0 radical (unpaired) electrons. The highest BCUT2D eigenvalue weighted by Gasteiger charge is 2.10. The summed E-state index contributed by atoms with van der Waals surface area (Å²) in [6, 6.07) is 15.3. The largest absolute Gasteiger partial charge is 0.277 e. The van der Waals surface area contributed by atoms with Gasteiger partial charge in [-0.1, -0.05) is 36.0 Å². The maximum absolute atomic E-state index is 12.3. The summed E-state index contributed by atoms with van der Waals surface area (Å²) in [5, 5.41) is 8.94. The Morgan fingerprint density at radius 2 is 1.96 bits per heavy atom. The predicted octanol–water partition coefficient (Wildman–Crippen LogP) is 2.88. The molecular formula is C18H15N5OS. The van der Waals surface area contributed by atoms with Crippen molar-refractivity contribution in [1.29, 1.82) is 0 Å². The van der Waals surface area contributed by atoms with E-state index in [-0.39, 0.29) is 5.56 Å². The minimum absolute atomic E-state index is 0.0752. The Morgan fingerprint density at radius 3 is 2.80 bits per heavy atom. The van der Waals surface area contributed by atoms with Crippen LogP contribution < -0.4 is 5.56 Å². The van der Waals surface area contributed by atoms with Gasteiger partial charge in [0.05, 0.1) is 5.69 Å². The second-order valence-corrected chi connectivity index (χ2v) is 6.52. The molecule has 0 bridgehead atoms. The van der Waals surface area contributed by atoms with Crippen LogP contribution in [0.15, 0.2) is 71.0 Å². The molecule has 3 aromatic heterocycles. The van der Waals surface area contributed by atoms with E-state index in [4.69, 9.17) is 0 Å². The molecule has 124 valence electrons. The highest BCUT2D eigenvalue weighted by atomic mass is 32.2. The monoisotopic (exact) mass is 349 g/mol. The summed E-state index contributed by atoms with van der Waals surface area (Å²) >= 11 is 1.50. The molecule has 0 aliphatic rings. The number of rotatable bonds is 4. The van der Waals surface area contributed by atoms with E-state index in [0.717, 1.165) is 22.1 Å². The van der Waals surface area contributed by atoms with Crippen LogP contribution in [-0.2, 0) is 5.75 Å². The molecular weight excluding hydrogens is 334 g/mol. The lowest BCUT2D eigenvalue weighted by atomic mass is 10.3. The van der Waals surface area contributed by atoms with Gasteiger partial charge >= 0.3 is 0 Å². The molecule has 0 saturated heterocycles. The minimum atomic E-state index is -0.0752. The van der Waals surface area contributed by atoms with Gasteiger partial charge in [-0.2, -0.15) is 0 Å². The normalized spacial score (nSPS) is 11.1. The molecule has 0 N–H and O–H groups in total. The van der Waals surface area contributed by atoms with Gasteiger partial charge in [0.1, 0.15) is 12.0 Å². The van der Waals surface area contributed by atoms with Crippen molar-refractivity contribution in [3.8, 4) is 5.69 Å². The van der Waals surface area contributed by atoms with E-state index in [9.17, 15) is 4.79 Å². The van der Waals surface area contributed by atoms with Crippen molar-refractivity contribution < 1.29 is 0 Å². The molecule has 4 aromatic rings. The summed E-state index contributed by atoms with van der Waals surface area (Å²) in [5.41, 5.74) is 3.31. The highest BCUT2D eigenvalue weighted by molar-refractivity contribution is 7.98. The number of aryl methyl sites for hydroxylation is 1. The quantitative estimate of drug-likeness (QED) is 0.530. The number of aromatic nitrogens is 5. The fraction of sp³-hybridized carbons (Fsp3) is 0.111. The van der Waals surface area contributed by atoms with E-state index in [1.165, 1.54) is 11.8 Å². The van der Waals surface area contributed by atoms with Crippen molar-refractivity contribution >= 4 is 17.4 Å². The first-order valence-electron chi connectivity index (χ1n) is 7.78. The van der Waals surface area contributed by atoms with Crippen LogP contribution in [0.5, 0.6) is 0 Å². The Bertz CT molecular complexity index is 1090. The lowest BCUT2D eigenvalue weighted by Crippen LogP contribution is -2.15. The van der Waals surface area contributed by atoms with Crippen LogP contribution in [0.3, 0.4) is 0 Å². The standard InChI is InChI=1S/C18H15N5OS/c1-13-6-5-9-22-16(24)10-14(20-17(13)22)11-25-18-21-19-12-23(18)15-7-3-2-4-8-15/h2-10,12H,11H2,1H3. The Morgan fingerprint density at radius 1 is 1.12 bits per heavy atom. The van der Waals surface area contributed by atoms with E-state index in [1.54, 1.807) is 23.0 Å². The summed E-state index contributed by atoms with van der Waals surface area (Å²) in [5.74, 6) is 0.547. The van der Waals surface area contributed by atoms with E-state index < -0.39 is 0 Å². The zero-order valence-electron chi connectivity index (χ0n) is 13.5. The molecule has 0 atom stereocenters. The smallest absolute Gasteiger partial charge is 0.258 e. The third-order valence-corrected chi connectivity index (χ3v) is 4.82. The first kappa shape index (κ1) is 15.6. The summed E-state index contributed by atoms with van der Waals surface area (Å²) in [7, 11) is 0. The molecule has 1 aromatic carbocycles. The van der Waals surface area contributed by atoms with Crippen LogP contribution in [-0.4, -0.2) is 24.1 Å². The van der Waals surface area contributed by atoms with Gasteiger partial charge in [0.25, 0.3) is 5.56 Å². The first-order valence-corrected chi connectivity index (χ1v) is 8.77. The van der Waals surface area contributed by atoms with Crippen LogP contribution in [0, 0.1) is 6.92 Å². The Kier molecular flexibility index (Phi) is 4.07. The number of para-hydroxylation sites is 1. The van der Waals surface area contributed by atoms with Crippen molar-refractivity contribution in [3.63, 3.8) is 0 Å². The van der Waals surface area contributed by atoms with Gasteiger partial charge < -0.3 is 0 Å². The molecule has 0 aliphatic heterocycles. The third kappa shape index (κ3) is 3.06. The summed E-state index contributed by atoms with van der Waals surface area (Å²) in [4.78, 5) is 16.9. The molecule has 0 saturated carbocycles. The highest BCUT2D eigenvalue weighted by Crippen LogP contribution is 2.22. The zero-order valence-corrected chi connectivity index (χ0v) is 14.3. The van der Waals surface area contributed by atoms with Crippen molar-refractivity contribution in [2.75, 3.05) is 0 Å². The second-order valence-electron chi connectivity index (χ2n) is 5.58. The Hall–Kier alpha value is -2.93. The lowest BCUT2D eigenvalue weighted by Gasteiger charge is -2.07. The molecule has 0 aliphatic carbocycles. The van der Waals surface area contributed by atoms with Crippen LogP contribution in [0.1, 0.15) is 11.3 Å². The van der Waals surface area contributed by atoms with Crippen LogP contribution in [0.25, 0.3) is 11.3 Å². The Labute approximate surface area is 148 Å². The molecule has 6 nitrogen and oxygen atoms in total. The molecule has 3 heterocycles. The van der Waals surface area contributed by atoms with Gasteiger partial charge in [-0.3, -0.25) is 13.8 Å². The fourth-order valence-electron chi connectivity index (χ4n) is 2.61. The number of hydrogen-bond acceptors (Lipinski definition) is 5. The van der Waals surface area contributed by atoms with E-state index in [2.05, 4.69) is 15.2 Å². The van der Waals surface area contributed by atoms with Gasteiger partial charge in [0, 0.05) is 23.7 Å². The number of fused-ring (bicyclic) bond motifs is 1. The van der Waals surface area contributed by atoms with Gasteiger partial charge in [-0.05, 0) is 30.7 Å². The lowest BCUT2D eigenvalue weighted by molar-refractivity contribution is 0.882. The maximum atomic E-state index is 12.3. The van der Waals surface area contributed by atoms with Crippen molar-refractivity contribution in [2.24, 2.45) is 0 Å². The van der Waals surface area contributed by atoms with E-state index in [1.807, 2.05) is 54.0 Å². The second kappa shape index (κ2) is 6.52. The number of thioether (sulfide) groups is 1. The van der Waals surface area contributed by atoms with E-state index in [0.29, 0.717) is 11.4 Å². The number of hydrogen-bond donors (Lipinski definition) is 0. The number of nitrogens with zero attached hydrogens (tertiary/aromatic N) is 5. The van der Waals surface area contributed by atoms with Crippen molar-refractivity contribution in [1.82, 2.24) is 24.1 Å². The summed E-state index contributed by atoms with van der Waals surface area (Å²) in [6.45, 7) is 1.95. The average molecular weight is 349 g/mol. The van der Waals surface area contributed by atoms with Gasteiger partial charge in [0.2, 0.25) is 0 Å². The van der Waals surface area contributed by atoms with Crippen molar-refractivity contribution in [2.45, 2.75) is 17.8 Å². The molecule has 0 spiro atoms. The third-order valence-electron chi connectivity index (χ3n) is 3.84.